The monoisotopic (exact) mass is 311 g/mol. The topological polar surface area (TPSA) is 12.0 Å². The van der Waals surface area contributed by atoms with Crippen molar-refractivity contribution in [1.82, 2.24) is 0 Å². The van der Waals surface area contributed by atoms with E-state index >= 15 is 0 Å². The minimum Gasteiger partial charge on any atom is -0.378 e. The van der Waals surface area contributed by atoms with Gasteiger partial charge in [0.1, 0.15) is 5.82 Å². The highest BCUT2D eigenvalue weighted by atomic mass is 35.5. The molecule has 1 N–H and O–H groups in total. The molecule has 0 bridgehead atoms. The molecule has 0 radical (unpaired) electrons. The van der Waals surface area contributed by atoms with Crippen LogP contribution in [0.1, 0.15) is 29.7 Å². The smallest absolute Gasteiger partial charge is 0.142 e. The molecule has 0 aliphatic rings. The van der Waals surface area contributed by atoms with E-state index in [9.17, 15) is 4.39 Å². The molecule has 0 aromatic heterocycles. The van der Waals surface area contributed by atoms with Gasteiger partial charge in [0.05, 0.1) is 11.1 Å². The fourth-order valence-electron chi connectivity index (χ4n) is 2.15. The second kappa shape index (κ2) is 6.02. The third-order valence-electron chi connectivity index (χ3n) is 3.49. The molecule has 2 aromatic rings. The van der Waals surface area contributed by atoms with E-state index in [-0.39, 0.29) is 11.1 Å². The third kappa shape index (κ3) is 2.92. The van der Waals surface area contributed by atoms with Gasteiger partial charge in [-0.3, -0.25) is 0 Å². The Hall–Kier alpha value is -1.25. The quantitative estimate of drug-likeness (QED) is 0.693. The Morgan fingerprint density at radius 2 is 1.80 bits per heavy atom. The van der Waals surface area contributed by atoms with Gasteiger partial charge in [-0.05, 0) is 50.1 Å². The molecule has 0 aliphatic heterocycles. The molecule has 1 nitrogen and oxygen atoms in total. The van der Waals surface area contributed by atoms with E-state index in [1.807, 2.05) is 39.0 Å². The number of anilines is 1. The van der Waals surface area contributed by atoms with Crippen LogP contribution in [0.2, 0.25) is 10.0 Å². The zero-order valence-electron chi connectivity index (χ0n) is 11.6. The highest BCUT2D eigenvalue weighted by Gasteiger charge is 2.17. The highest BCUT2D eigenvalue weighted by Crippen LogP contribution is 2.34. The van der Waals surface area contributed by atoms with Crippen molar-refractivity contribution in [2.45, 2.75) is 26.8 Å². The number of rotatable bonds is 3. The summed E-state index contributed by atoms with van der Waals surface area (Å²) in [5, 5.41) is 3.87. The molecule has 0 heterocycles. The Morgan fingerprint density at radius 3 is 2.50 bits per heavy atom. The van der Waals surface area contributed by atoms with Crippen LogP contribution in [0.3, 0.4) is 0 Å². The number of hydrogen-bond acceptors (Lipinski definition) is 1. The summed E-state index contributed by atoms with van der Waals surface area (Å²) in [6, 6.07) is 8.63. The van der Waals surface area contributed by atoms with Gasteiger partial charge in [0.2, 0.25) is 0 Å². The molecule has 1 atom stereocenters. The van der Waals surface area contributed by atoms with Crippen molar-refractivity contribution in [1.29, 1.82) is 0 Å². The Balaban J connectivity index is 2.36. The van der Waals surface area contributed by atoms with Crippen LogP contribution in [0.25, 0.3) is 0 Å². The van der Waals surface area contributed by atoms with E-state index in [1.165, 1.54) is 17.7 Å². The summed E-state index contributed by atoms with van der Waals surface area (Å²) in [6.45, 7) is 6.00. The number of halogens is 3. The van der Waals surface area contributed by atoms with Crippen LogP contribution in [-0.2, 0) is 0 Å². The lowest BCUT2D eigenvalue weighted by atomic mass is 10.0. The molecule has 0 amide bonds. The molecule has 20 heavy (non-hydrogen) atoms. The summed E-state index contributed by atoms with van der Waals surface area (Å²) in [5.74, 6) is -0.458. The Morgan fingerprint density at radius 1 is 1.10 bits per heavy atom. The van der Waals surface area contributed by atoms with Gasteiger partial charge < -0.3 is 5.32 Å². The highest BCUT2D eigenvalue weighted by molar-refractivity contribution is 6.36. The first kappa shape index (κ1) is 15.1. The Bertz CT molecular complexity index is 641. The van der Waals surface area contributed by atoms with Gasteiger partial charge in [-0.25, -0.2) is 4.39 Å². The van der Waals surface area contributed by atoms with Crippen LogP contribution in [0.5, 0.6) is 0 Å². The summed E-state index contributed by atoms with van der Waals surface area (Å²) in [6.07, 6.45) is 0. The number of benzene rings is 2. The van der Waals surface area contributed by atoms with Crippen molar-refractivity contribution in [2.24, 2.45) is 0 Å². The van der Waals surface area contributed by atoms with Gasteiger partial charge in [-0.15, -0.1) is 0 Å². The molecule has 106 valence electrons. The van der Waals surface area contributed by atoms with Gasteiger partial charge in [0, 0.05) is 16.3 Å². The third-order valence-corrected chi connectivity index (χ3v) is 4.20. The van der Waals surface area contributed by atoms with Crippen molar-refractivity contribution in [2.75, 3.05) is 5.32 Å². The second-order valence-corrected chi connectivity index (χ2v) is 5.66. The number of hydrogen-bond donors (Lipinski definition) is 1. The fourth-order valence-corrected chi connectivity index (χ4v) is 2.85. The predicted molar refractivity (Wildman–Crippen MR) is 84.4 cm³/mol. The van der Waals surface area contributed by atoms with Crippen LogP contribution in [-0.4, -0.2) is 0 Å². The molecule has 0 aliphatic carbocycles. The average molecular weight is 312 g/mol. The predicted octanol–water partition coefficient (Wildman–Crippen LogP) is 5.92. The first-order chi connectivity index (χ1) is 9.41. The van der Waals surface area contributed by atoms with Crippen molar-refractivity contribution >= 4 is 28.9 Å². The van der Waals surface area contributed by atoms with Crippen molar-refractivity contribution in [3.63, 3.8) is 0 Å². The van der Waals surface area contributed by atoms with Gasteiger partial charge >= 0.3 is 0 Å². The fraction of sp³-hybridized carbons (Fsp3) is 0.250. The zero-order chi connectivity index (χ0) is 14.9. The summed E-state index contributed by atoms with van der Waals surface area (Å²) in [5.41, 5.74) is 3.92. The van der Waals surface area contributed by atoms with Crippen molar-refractivity contribution in [3.8, 4) is 0 Å². The first-order valence-corrected chi connectivity index (χ1v) is 7.13. The standard InChI is InChI=1S/C16H16Cl2FN/c1-9-5-4-6-14(10(9)2)20-11(3)15-12(17)7-8-13(19)16(15)18/h4-8,11,20H,1-3H3. The van der Waals surface area contributed by atoms with E-state index in [1.54, 1.807) is 0 Å². The maximum Gasteiger partial charge on any atom is 0.142 e. The SMILES string of the molecule is Cc1cccc(NC(C)c2c(Cl)ccc(F)c2Cl)c1C. The van der Waals surface area contributed by atoms with E-state index in [2.05, 4.69) is 5.32 Å². The molecule has 4 heteroatoms. The van der Waals surface area contributed by atoms with Crippen LogP contribution >= 0.6 is 23.2 Å². The van der Waals surface area contributed by atoms with Crippen LogP contribution in [0.15, 0.2) is 30.3 Å². The summed E-state index contributed by atoms with van der Waals surface area (Å²) < 4.78 is 13.6. The molecule has 0 saturated heterocycles. The summed E-state index contributed by atoms with van der Waals surface area (Å²) in [7, 11) is 0. The summed E-state index contributed by atoms with van der Waals surface area (Å²) >= 11 is 12.2. The molecule has 1 unspecified atom stereocenters. The lowest BCUT2D eigenvalue weighted by molar-refractivity contribution is 0.624. The molecule has 2 rings (SSSR count). The van der Waals surface area contributed by atoms with Gasteiger partial charge in [-0.1, -0.05) is 35.3 Å². The Kier molecular flexibility index (Phi) is 4.56. The maximum atomic E-state index is 13.6. The minimum atomic E-state index is -0.458. The van der Waals surface area contributed by atoms with Crippen LogP contribution in [0.4, 0.5) is 10.1 Å². The van der Waals surface area contributed by atoms with Gasteiger partial charge in [0.15, 0.2) is 0 Å². The zero-order valence-corrected chi connectivity index (χ0v) is 13.1. The molecular weight excluding hydrogens is 296 g/mol. The van der Waals surface area contributed by atoms with Crippen molar-refractivity contribution < 1.29 is 4.39 Å². The molecule has 0 fully saturated rings. The largest absolute Gasteiger partial charge is 0.378 e. The summed E-state index contributed by atoms with van der Waals surface area (Å²) in [4.78, 5) is 0. The lowest BCUT2D eigenvalue weighted by Gasteiger charge is -2.20. The van der Waals surface area contributed by atoms with E-state index < -0.39 is 5.82 Å². The number of nitrogens with one attached hydrogen (secondary N) is 1. The van der Waals surface area contributed by atoms with E-state index in [4.69, 9.17) is 23.2 Å². The molecule has 0 spiro atoms. The average Bonchev–Trinajstić information content (AvgIpc) is 2.40. The Labute approximate surface area is 128 Å². The van der Waals surface area contributed by atoms with Crippen LogP contribution in [0, 0.1) is 19.7 Å². The second-order valence-electron chi connectivity index (χ2n) is 4.87. The minimum absolute atomic E-state index is 0.0720. The van der Waals surface area contributed by atoms with E-state index in [0.29, 0.717) is 10.6 Å². The van der Waals surface area contributed by atoms with Gasteiger partial charge in [-0.2, -0.15) is 0 Å². The molecule has 0 saturated carbocycles. The first-order valence-electron chi connectivity index (χ1n) is 6.38. The van der Waals surface area contributed by atoms with E-state index in [0.717, 1.165) is 11.3 Å². The number of aryl methyl sites for hydroxylation is 1. The lowest BCUT2D eigenvalue weighted by Crippen LogP contribution is -2.10. The normalized spacial score (nSPS) is 12.3. The molecular formula is C16H16Cl2FN. The van der Waals surface area contributed by atoms with Gasteiger partial charge in [0.25, 0.3) is 0 Å². The maximum absolute atomic E-state index is 13.6. The van der Waals surface area contributed by atoms with Crippen LogP contribution < -0.4 is 5.32 Å². The molecule has 2 aromatic carbocycles. The van der Waals surface area contributed by atoms with Crippen molar-refractivity contribution in [3.05, 3.63) is 62.9 Å².